The zero-order chi connectivity index (χ0) is 15.6. The molecule has 7 heteroatoms. The molecule has 0 unspecified atom stereocenters. The van der Waals surface area contributed by atoms with Gasteiger partial charge >= 0.3 is 6.03 Å². The number of amides is 2. The SMILES string of the molecule is Cc1ccc(C)c(-n2nc(C)c(/C=N\NC(N)=O)c2Cl)c1. The lowest BCUT2D eigenvalue weighted by Crippen LogP contribution is -2.24. The molecule has 0 spiro atoms. The number of carbonyl (C=O) groups excluding carboxylic acids is 1. The summed E-state index contributed by atoms with van der Waals surface area (Å²) in [5, 5.41) is 8.58. The third-order valence-corrected chi connectivity index (χ3v) is 3.37. The predicted octanol–water partition coefficient (Wildman–Crippen LogP) is 2.45. The van der Waals surface area contributed by atoms with Gasteiger partial charge in [-0.1, -0.05) is 23.7 Å². The average molecular weight is 306 g/mol. The molecular formula is C14H16ClN5O. The Bertz CT molecular complexity index is 720. The number of hydrogen-bond acceptors (Lipinski definition) is 3. The number of nitrogens with one attached hydrogen (secondary N) is 1. The van der Waals surface area contributed by atoms with Gasteiger partial charge in [0.05, 0.1) is 23.2 Å². The minimum Gasteiger partial charge on any atom is -0.350 e. The molecule has 110 valence electrons. The molecule has 0 aliphatic carbocycles. The number of primary amides is 1. The van der Waals surface area contributed by atoms with E-state index in [1.54, 1.807) is 4.68 Å². The summed E-state index contributed by atoms with van der Waals surface area (Å²) in [5.74, 6) is 0. The van der Waals surface area contributed by atoms with Crippen molar-refractivity contribution in [2.45, 2.75) is 20.8 Å². The molecular weight excluding hydrogens is 290 g/mol. The minimum absolute atomic E-state index is 0.427. The van der Waals surface area contributed by atoms with Gasteiger partial charge in [0, 0.05) is 0 Å². The van der Waals surface area contributed by atoms with E-state index >= 15 is 0 Å². The van der Waals surface area contributed by atoms with Gasteiger partial charge in [-0.15, -0.1) is 0 Å². The van der Waals surface area contributed by atoms with Crippen LogP contribution < -0.4 is 11.2 Å². The van der Waals surface area contributed by atoms with E-state index in [1.165, 1.54) is 6.21 Å². The van der Waals surface area contributed by atoms with Crippen molar-refractivity contribution in [1.82, 2.24) is 15.2 Å². The molecule has 6 nitrogen and oxygen atoms in total. The van der Waals surface area contributed by atoms with Crippen LogP contribution in [0.5, 0.6) is 0 Å². The van der Waals surface area contributed by atoms with E-state index < -0.39 is 6.03 Å². The van der Waals surface area contributed by atoms with Crippen molar-refractivity contribution in [3.63, 3.8) is 0 Å². The number of halogens is 1. The predicted molar refractivity (Wildman–Crippen MR) is 83.1 cm³/mol. The fourth-order valence-corrected chi connectivity index (χ4v) is 2.24. The molecule has 0 fully saturated rings. The standard InChI is InChI=1S/C14H16ClN5O/c1-8-4-5-9(2)12(6-8)20-13(15)11(10(3)19-20)7-17-18-14(16)21/h4-7H,1-3H3,(H3,16,18,21)/b17-7-. The lowest BCUT2D eigenvalue weighted by molar-refractivity contribution is 0.249. The van der Waals surface area contributed by atoms with Crippen LogP contribution in [0, 0.1) is 20.8 Å². The second kappa shape index (κ2) is 5.97. The van der Waals surface area contributed by atoms with Crippen LogP contribution >= 0.6 is 11.6 Å². The van der Waals surface area contributed by atoms with Crippen molar-refractivity contribution in [2.24, 2.45) is 10.8 Å². The smallest absolute Gasteiger partial charge is 0.332 e. The van der Waals surface area contributed by atoms with Crippen LogP contribution in [0.3, 0.4) is 0 Å². The van der Waals surface area contributed by atoms with E-state index in [0.29, 0.717) is 16.4 Å². The third-order valence-electron chi connectivity index (χ3n) is 3.01. The fourth-order valence-electron chi connectivity index (χ4n) is 1.93. The molecule has 21 heavy (non-hydrogen) atoms. The van der Waals surface area contributed by atoms with Crippen LogP contribution in [-0.4, -0.2) is 22.0 Å². The van der Waals surface area contributed by atoms with Gasteiger partial charge in [-0.3, -0.25) is 0 Å². The molecule has 1 aromatic heterocycles. The highest BCUT2D eigenvalue weighted by Gasteiger charge is 2.14. The molecule has 0 bridgehead atoms. The number of hydrazone groups is 1. The summed E-state index contributed by atoms with van der Waals surface area (Å²) >= 11 is 6.37. The largest absolute Gasteiger partial charge is 0.350 e. The Kier molecular flexibility index (Phi) is 4.28. The van der Waals surface area contributed by atoms with Gasteiger partial charge in [-0.05, 0) is 38.0 Å². The van der Waals surface area contributed by atoms with Gasteiger partial charge in [0.1, 0.15) is 5.15 Å². The first-order valence-electron chi connectivity index (χ1n) is 6.31. The first-order valence-corrected chi connectivity index (χ1v) is 6.69. The lowest BCUT2D eigenvalue weighted by atomic mass is 10.1. The molecule has 2 aromatic rings. The van der Waals surface area contributed by atoms with Gasteiger partial charge in [-0.2, -0.15) is 10.2 Å². The Labute approximate surface area is 127 Å². The van der Waals surface area contributed by atoms with Crippen molar-refractivity contribution < 1.29 is 4.79 Å². The van der Waals surface area contributed by atoms with Crippen LogP contribution in [0.4, 0.5) is 4.79 Å². The average Bonchev–Trinajstić information content (AvgIpc) is 2.69. The molecule has 1 heterocycles. The molecule has 0 aliphatic rings. The monoisotopic (exact) mass is 305 g/mol. The van der Waals surface area contributed by atoms with E-state index in [-0.39, 0.29) is 0 Å². The Morgan fingerprint density at radius 3 is 2.81 bits per heavy atom. The van der Waals surface area contributed by atoms with Crippen LogP contribution in [0.1, 0.15) is 22.4 Å². The quantitative estimate of drug-likeness (QED) is 0.674. The zero-order valence-corrected chi connectivity index (χ0v) is 12.8. The number of nitrogens with zero attached hydrogens (tertiary/aromatic N) is 3. The normalized spacial score (nSPS) is 11.0. The van der Waals surface area contributed by atoms with Crippen LogP contribution in [0.2, 0.25) is 5.15 Å². The molecule has 0 atom stereocenters. The van der Waals surface area contributed by atoms with Crippen LogP contribution in [-0.2, 0) is 0 Å². The van der Waals surface area contributed by atoms with Gasteiger partial charge < -0.3 is 5.73 Å². The van der Waals surface area contributed by atoms with Crippen LogP contribution in [0.25, 0.3) is 5.69 Å². The highest BCUT2D eigenvalue weighted by atomic mass is 35.5. The summed E-state index contributed by atoms with van der Waals surface area (Å²) in [4.78, 5) is 10.6. The number of carbonyl (C=O) groups is 1. The van der Waals surface area contributed by atoms with Gasteiger partial charge in [-0.25, -0.2) is 14.9 Å². The third kappa shape index (κ3) is 3.22. The molecule has 1 aromatic carbocycles. The summed E-state index contributed by atoms with van der Waals surface area (Å²) < 4.78 is 1.66. The number of aryl methyl sites for hydroxylation is 3. The van der Waals surface area contributed by atoms with E-state index in [0.717, 1.165) is 16.8 Å². The maximum absolute atomic E-state index is 10.6. The lowest BCUT2D eigenvalue weighted by Gasteiger charge is -2.08. The zero-order valence-electron chi connectivity index (χ0n) is 12.0. The summed E-state index contributed by atoms with van der Waals surface area (Å²) in [7, 11) is 0. The van der Waals surface area contributed by atoms with E-state index in [2.05, 4.69) is 15.6 Å². The summed E-state index contributed by atoms with van der Waals surface area (Å²) in [6.45, 7) is 5.82. The van der Waals surface area contributed by atoms with Crippen LogP contribution in [0.15, 0.2) is 23.3 Å². The molecule has 0 radical (unpaired) electrons. The maximum Gasteiger partial charge on any atom is 0.332 e. The number of urea groups is 1. The van der Waals surface area contributed by atoms with Crippen molar-refractivity contribution >= 4 is 23.8 Å². The first-order chi connectivity index (χ1) is 9.90. The van der Waals surface area contributed by atoms with E-state index in [9.17, 15) is 4.79 Å². The highest BCUT2D eigenvalue weighted by Crippen LogP contribution is 2.24. The molecule has 0 aliphatic heterocycles. The second-order valence-electron chi connectivity index (χ2n) is 4.73. The van der Waals surface area contributed by atoms with Crippen molar-refractivity contribution in [2.75, 3.05) is 0 Å². The first kappa shape index (κ1) is 15.1. The van der Waals surface area contributed by atoms with E-state index in [1.807, 2.05) is 39.0 Å². The van der Waals surface area contributed by atoms with Gasteiger partial charge in [0.2, 0.25) is 0 Å². The van der Waals surface area contributed by atoms with Gasteiger partial charge in [0.25, 0.3) is 0 Å². The number of benzene rings is 1. The number of hydrogen-bond donors (Lipinski definition) is 2. The summed E-state index contributed by atoms with van der Waals surface area (Å²) in [6.07, 6.45) is 1.43. The summed E-state index contributed by atoms with van der Waals surface area (Å²) in [6, 6.07) is 5.32. The maximum atomic E-state index is 10.6. The Morgan fingerprint density at radius 2 is 2.14 bits per heavy atom. The Hall–Kier alpha value is -2.34. The molecule has 0 saturated heterocycles. The molecule has 3 N–H and O–H groups in total. The molecule has 0 saturated carbocycles. The van der Waals surface area contributed by atoms with E-state index in [4.69, 9.17) is 17.3 Å². The Balaban J connectivity index is 2.46. The molecule has 2 rings (SSSR count). The number of aromatic nitrogens is 2. The Morgan fingerprint density at radius 1 is 1.43 bits per heavy atom. The summed E-state index contributed by atoms with van der Waals surface area (Å²) in [5.41, 5.74) is 11.5. The highest BCUT2D eigenvalue weighted by molar-refractivity contribution is 6.32. The fraction of sp³-hybridized carbons (Fsp3) is 0.214. The topological polar surface area (TPSA) is 85.3 Å². The number of rotatable bonds is 3. The van der Waals surface area contributed by atoms with Crippen molar-refractivity contribution in [3.05, 3.63) is 45.7 Å². The van der Waals surface area contributed by atoms with Crippen molar-refractivity contribution in [1.29, 1.82) is 0 Å². The minimum atomic E-state index is -0.734. The second-order valence-corrected chi connectivity index (χ2v) is 5.08. The van der Waals surface area contributed by atoms with Crippen molar-refractivity contribution in [3.8, 4) is 5.69 Å². The van der Waals surface area contributed by atoms with Gasteiger partial charge in [0.15, 0.2) is 0 Å². The molecule has 2 amide bonds. The number of nitrogens with two attached hydrogens (primary N) is 1.